The van der Waals surface area contributed by atoms with Gasteiger partial charge in [-0.3, -0.25) is 0 Å². The van der Waals surface area contributed by atoms with E-state index in [0.717, 1.165) is 0 Å². The molecule has 1 N–H and O–H groups in total. The monoisotopic (exact) mass is 482 g/mol. The van der Waals surface area contributed by atoms with Gasteiger partial charge in [0.05, 0.1) is 0 Å². The van der Waals surface area contributed by atoms with Gasteiger partial charge < -0.3 is 22.4 Å². The molecule has 0 spiro atoms. The average Bonchev–Trinajstić information content (AvgIpc) is 2.27. The molecule has 0 aromatic rings. The Morgan fingerprint density at radius 1 is 0.714 bits per heavy atom. The number of aliphatic hydroxyl groups is 1. The molecule has 21 heavy (non-hydrogen) atoms. The van der Waals surface area contributed by atoms with Crippen LogP contribution in [0.1, 0.15) is 25.7 Å². The van der Waals surface area contributed by atoms with E-state index in [9.17, 15) is 17.3 Å². The predicted octanol–water partition coefficient (Wildman–Crippen LogP) is 4.60. The molecule has 0 aromatic heterocycles. The van der Waals surface area contributed by atoms with Gasteiger partial charge in [0.1, 0.15) is 6.10 Å². The SMILES string of the molecule is F[B-](F)(F)F.O[C]1[CH][CH][CH][CH][CH]1.[CH]1[CH]CC[CH][CH]CC1.[Ir]. The van der Waals surface area contributed by atoms with Crippen LogP contribution in [0.25, 0.3) is 0 Å². The summed E-state index contributed by atoms with van der Waals surface area (Å²) in [7, 11) is -6.00. The minimum Gasteiger partial charge on any atom is -0.418 e. The third kappa shape index (κ3) is 25.7. The van der Waals surface area contributed by atoms with Gasteiger partial charge in [0, 0.05) is 32.9 Å². The summed E-state index contributed by atoms with van der Waals surface area (Å²) in [5.74, 6) is 0. The van der Waals surface area contributed by atoms with E-state index in [-0.39, 0.29) is 20.1 Å². The Balaban J connectivity index is 0. The molecule has 2 aliphatic carbocycles. The zero-order valence-corrected chi connectivity index (χ0v) is 13.8. The third-order valence-corrected chi connectivity index (χ3v) is 2.09. The first-order chi connectivity index (χ1) is 9.39. The zero-order valence-electron chi connectivity index (χ0n) is 11.4. The van der Waals surface area contributed by atoms with Crippen LogP contribution in [0.5, 0.6) is 0 Å². The number of rotatable bonds is 0. The van der Waals surface area contributed by atoms with E-state index < -0.39 is 7.25 Å². The summed E-state index contributed by atoms with van der Waals surface area (Å²) in [6.07, 6.45) is 23.0. The average molecular weight is 481 g/mol. The van der Waals surface area contributed by atoms with E-state index in [2.05, 4.69) is 25.7 Å². The Hall–Kier alpha value is 0.394. The van der Waals surface area contributed by atoms with Crippen molar-refractivity contribution in [2.75, 3.05) is 0 Å². The molecule has 11 radical (unpaired) electrons. The molecule has 2 saturated carbocycles. The van der Waals surface area contributed by atoms with Gasteiger partial charge in [-0.05, 0) is 70.6 Å². The van der Waals surface area contributed by atoms with Crippen molar-refractivity contribution in [1.29, 1.82) is 0 Å². The molecule has 0 amide bonds. The standard InChI is InChI=1S/C8H12.C6H6O.BF4.Ir/c1-2-4-6-8-7-5-3-1;7-6-4-2-1-3-5-6;2-1(3,4)5;/h1-2,7-8H,3-6H2;1-5,7H;;/q;;-1;. The van der Waals surface area contributed by atoms with Crippen molar-refractivity contribution in [3.63, 3.8) is 0 Å². The van der Waals surface area contributed by atoms with Crippen LogP contribution < -0.4 is 0 Å². The van der Waals surface area contributed by atoms with Gasteiger partial charge >= 0.3 is 7.25 Å². The quantitative estimate of drug-likeness (QED) is 0.396. The van der Waals surface area contributed by atoms with Crippen molar-refractivity contribution >= 4 is 7.25 Å². The van der Waals surface area contributed by atoms with Crippen LogP contribution in [0.3, 0.4) is 0 Å². The maximum absolute atomic E-state index is 9.75. The van der Waals surface area contributed by atoms with E-state index in [1.807, 2.05) is 6.42 Å². The Bertz CT molecular complexity index is 182. The smallest absolute Gasteiger partial charge is 0.418 e. The molecule has 121 valence electrons. The molecular weight excluding hydrogens is 463 g/mol. The third-order valence-electron chi connectivity index (χ3n) is 2.09. The largest absolute Gasteiger partial charge is 0.673 e. The summed E-state index contributed by atoms with van der Waals surface area (Å²) in [5.41, 5.74) is 0. The molecule has 0 saturated heterocycles. The second-order valence-corrected chi connectivity index (χ2v) is 3.93. The molecule has 0 atom stereocenters. The molecule has 0 unspecified atom stereocenters. The Labute approximate surface area is 139 Å². The van der Waals surface area contributed by atoms with Crippen LogP contribution >= 0.6 is 0 Å². The van der Waals surface area contributed by atoms with E-state index in [0.29, 0.717) is 6.10 Å². The zero-order chi connectivity index (χ0) is 15.3. The molecular formula is C14H18BF4IrO-. The predicted molar refractivity (Wildman–Crippen MR) is 72.5 cm³/mol. The van der Waals surface area contributed by atoms with E-state index >= 15 is 0 Å². The molecule has 2 aliphatic rings. The van der Waals surface area contributed by atoms with Crippen LogP contribution in [0.15, 0.2) is 0 Å². The van der Waals surface area contributed by atoms with Crippen molar-refractivity contribution in [1.82, 2.24) is 0 Å². The summed E-state index contributed by atoms with van der Waals surface area (Å²) in [6.45, 7) is 0. The molecule has 1 nitrogen and oxygen atoms in total. The van der Waals surface area contributed by atoms with E-state index in [4.69, 9.17) is 5.11 Å². The first-order valence-corrected chi connectivity index (χ1v) is 6.31. The summed E-state index contributed by atoms with van der Waals surface area (Å²) in [4.78, 5) is 0. The maximum Gasteiger partial charge on any atom is 0.673 e. The number of hydrogen-bond donors (Lipinski definition) is 1. The maximum atomic E-state index is 9.75. The minimum absolute atomic E-state index is 0. The fourth-order valence-corrected chi connectivity index (χ4v) is 1.28. The van der Waals surface area contributed by atoms with Gasteiger partial charge in [-0.2, -0.15) is 0 Å². The summed E-state index contributed by atoms with van der Waals surface area (Å²) in [6, 6.07) is 0. The van der Waals surface area contributed by atoms with Gasteiger partial charge in [-0.25, -0.2) is 0 Å². The van der Waals surface area contributed by atoms with Crippen molar-refractivity contribution in [2.24, 2.45) is 0 Å². The number of hydrogen-bond acceptors (Lipinski definition) is 1. The van der Waals surface area contributed by atoms with Crippen molar-refractivity contribution in [3.05, 3.63) is 63.9 Å². The Morgan fingerprint density at radius 2 is 1.00 bits per heavy atom. The topological polar surface area (TPSA) is 20.2 Å². The van der Waals surface area contributed by atoms with Crippen molar-refractivity contribution < 1.29 is 42.5 Å². The van der Waals surface area contributed by atoms with E-state index in [1.54, 1.807) is 25.7 Å². The number of aliphatic hydroxyl groups excluding tert-OH is 1. The molecule has 7 heteroatoms. The van der Waals surface area contributed by atoms with Crippen LogP contribution in [0.4, 0.5) is 17.3 Å². The first kappa shape index (κ1) is 23.7. The second kappa shape index (κ2) is 15.3. The van der Waals surface area contributed by atoms with Gasteiger partial charge in [0.2, 0.25) is 0 Å². The summed E-state index contributed by atoms with van der Waals surface area (Å²) < 4.78 is 39.0. The van der Waals surface area contributed by atoms with Gasteiger partial charge in [0.15, 0.2) is 0 Å². The Kier molecular flexibility index (Phi) is 17.2. The number of halogens is 4. The summed E-state index contributed by atoms with van der Waals surface area (Å²) >= 11 is 0. The molecule has 2 rings (SSSR count). The first-order valence-electron chi connectivity index (χ1n) is 6.31. The molecule has 2 fully saturated rings. The van der Waals surface area contributed by atoms with Crippen LogP contribution in [-0.2, 0) is 20.1 Å². The second-order valence-electron chi connectivity index (χ2n) is 3.93. The van der Waals surface area contributed by atoms with Gasteiger partial charge in [-0.1, -0.05) is 0 Å². The Morgan fingerprint density at radius 3 is 1.19 bits per heavy atom. The van der Waals surface area contributed by atoms with Gasteiger partial charge in [0.25, 0.3) is 0 Å². The molecule has 0 aromatic carbocycles. The van der Waals surface area contributed by atoms with Gasteiger partial charge in [-0.15, -0.1) is 0 Å². The molecule has 0 aliphatic heterocycles. The van der Waals surface area contributed by atoms with Crippen molar-refractivity contribution in [3.8, 4) is 0 Å². The van der Waals surface area contributed by atoms with E-state index in [1.165, 1.54) is 25.7 Å². The fourth-order valence-electron chi connectivity index (χ4n) is 1.28. The normalized spacial score (nSPS) is 20.4. The fraction of sp³-hybridized carbons (Fsp3) is 0.286. The molecule has 0 bridgehead atoms. The van der Waals surface area contributed by atoms with Crippen LogP contribution in [0.2, 0.25) is 0 Å². The summed E-state index contributed by atoms with van der Waals surface area (Å²) in [5, 5.41) is 8.63. The molecule has 0 heterocycles. The van der Waals surface area contributed by atoms with Crippen molar-refractivity contribution in [2.45, 2.75) is 25.7 Å². The minimum atomic E-state index is -6.00. The van der Waals surface area contributed by atoms with Crippen LogP contribution in [0, 0.1) is 63.9 Å². The van der Waals surface area contributed by atoms with Crippen LogP contribution in [-0.4, -0.2) is 12.4 Å².